The molecule has 1 aromatic heterocycles. The molecule has 0 aromatic carbocycles. The molecule has 2 fully saturated rings. The topological polar surface area (TPSA) is 76.3 Å². The highest BCUT2D eigenvalue weighted by molar-refractivity contribution is 7.89. The van der Waals surface area contributed by atoms with Crippen molar-refractivity contribution in [3.05, 3.63) is 24.3 Å². The summed E-state index contributed by atoms with van der Waals surface area (Å²) in [6, 6.07) is 1.09. The standard InChI is InChI=1S/C12H16FN3O2S.ClH/c13-9-3-10(5-15-4-9)19(17,18)16-6-8-1-2-12(14)11(8)7-16;/h3-5,8,11-12H,1-2,6-7,14H2;1H. The minimum Gasteiger partial charge on any atom is -0.327 e. The maximum atomic E-state index is 13.1. The number of nitrogens with zero attached hydrogens (tertiary/aromatic N) is 2. The van der Waals surface area contributed by atoms with Gasteiger partial charge in [0, 0.05) is 25.3 Å². The van der Waals surface area contributed by atoms with Crippen LogP contribution >= 0.6 is 12.4 Å². The molecule has 0 spiro atoms. The predicted molar refractivity (Wildman–Crippen MR) is 74.4 cm³/mol. The molecule has 2 heterocycles. The van der Waals surface area contributed by atoms with Crippen LogP contribution in [0.25, 0.3) is 0 Å². The van der Waals surface area contributed by atoms with Gasteiger partial charge in [-0.05, 0) is 30.7 Å². The molecule has 1 saturated heterocycles. The fourth-order valence-electron chi connectivity index (χ4n) is 3.15. The highest BCUT2D eigenvalue weighted by Gasteiger charge is 2.45. The quantitative estimate of drug-likeness (QED) is 0.881. The molecule has 0 radical (unpaired) electrons. The van der Waals surface area contributed by atoms with Crippen LogP contribution in [0.2, 0.25) is 0 Å². The zero-order valence-electron chi connectivity index (χ0n) is 10.8. The third-order valence-electron chi connectivity index (χ3n) is 4.20. The number of sulfonamides is 1. The summed E-state index contributed by atoms with van der Waals surface area (Å²) in [7, 11) is -3.65. The van der Waals surface area contributed by atoms with Crippen LogP contribution in [-0.2, 0) is 10.0 Å². The Morgan fingerprint density at radius 3 is 2.70 bits per heavy atom. The Kier molecular flexibility index (Phi) is 4.34. The number of fused-ring (bicyclic) bond motifs is 1. The van der Waals surface area contributed by atoms with Gasteiger partial charge in [0.2, 0.25) is 10.0 Å². The normalized spacial score (nSPS) is 30.0. The average molecular weight is 322 g/mol. The van der Waals surface area contributed by atoms with Gasteiger partial charge in [-0.25, -0.2) is 12.8 Å². The first-order chi connectivity index (χ1) is 8.98. The van der Waals surface area contributed by atoms with Crippen LogP contribution in [0.5, 0.6) is 0 Å². The molecule has 1 aliphatic carbocycles. The van der Waals surface area contributed by atoms with Crippen molar-refractivity contribution in [2.24, 2.45) is 17.6 Å². The average Bonchev–Trinajstić information content (AvgIpc) is 2.92. The summed E-state index contributed by atoms with van der Waals surface area (Å²) in [5, 5.41) is 0. The van der Waals surface area contributed by atoms with E-state index < -0.39 is 15.8 Å². The van der Waals surface area contributed by atoms with Gasteiger partial charge < -0.3 is 5.73 Å². The van der Waals surface area contributed by atoms with E-state index in [0.29, 0.717) is 19.0 Å². The maximum absolute atomic E-state index is 13.1. The van der Waals surface area contributed by atoms with E-state index in [9.17, 15) is 12.8 Å². The van der Waals surface area contributed by atoms with Gasteiger partial charge in [-0.3, -0.25) is 4.98 Å². The highest BCUT2D eigenvalue weighted by atomic mass is 35.5. The Bertz CT molecular complexity index is 598. The molecule has 5 nitrogen and oxygen atoms in total. The molecule has 2 N–H and O–H groups in total. The van der Waals surface area contributed by atoms with Crippen LogP contribution in [0, 0.1) is 17.7 Å². The Morgan fingerprint density at radius 2 is 2.05 bits per heavy atom. The van der Waals surface area contributed by atoms with E-state index in [-0.39, 0.29) is 29.3 Å². The summed E-state index contributed by atoms with van der Waals surface area (Å²) >= 11 is 0. The van der Waals surface area contributed by atoms with Crippen LogP contribution in [0.4, 0.5) is 4.39 Å². The Morgan fingerprint density at radius 1 is 1.30 bits per heavy atom. The van der Waals surface area contributed by atoms with Gasteiger partial charge in [0.1, 0.15) is 10.7 Å². The number of hydrogen-bond donors (Lipinski definition) is 1. The van der Waals surface area contributed by atoms with Crippen molar-refractivity contribution in [3.8, 4) is 0 Å². The Labute approximate surface area is 123 Å². The van der Waals surface area contributed by atoms with Gasteiger partial charge in [0.25, 0.3) is 0 Å². The summed E-state index contributed by atoms with van der Waals surface area (Å²) in [4.78, 5) is 3.52. The first-order valence-corrected chi connectivity index (χ1v) is 7.79. The van der Waals surface area contributed by atoms with E-state index in [4.69, 9.17) is 5.73 Å². The molecular weight excluding hydrogens is 305 g/mol. The molecule has 3 atom stereocenters. The molecule has 3 rings (SSSR count). The largest absolute Gasteiger partial charge is 0.327 e. The fraction of sp³-hybridized carbons (Fsp3) is 0.583. The number of nitrogens with two attached hydrogens (primary N) is 1. The van der Waals surface area contributed by atoms with Crippen LogP contribution in [0.15, 0.2) is 23.4 Å². The van der Waals surface area contributed by atoms with E-state index in [1.54, 1.807) is 0 Å². The molecule has 20 heavy (non-hydrogen) atoms. The fourth-order valence-corrected chi connectivity index (χ4v) is 4.66. The van der Waals surface area contributed by atoms with E-state index >= 15 is 0 Å². The van der Waals surface area contributed by atoms with Crippen molar-refractivity contribution in [1.29, 1.82) is 0 Å². The third-order valence-corrected chi connectivity index (χ3v) is 5.99. The van der Waals surface area contributed by atoms with E-state index in [1.807, 2.05) is 0 Å². The van der Waals surface area contributed by atoms with Gasteiger partial charge >= 0.3 is 0 Å². The summed E-state index contributed by atoms with van der Waals surface area (Å²) in [6.45, 7) is 0.919. The molecule has 0 bridgehead atoms. The molecule has 1 aromatic rings. The van der Waals surface area contributed by atoms with Crippen molar-refractivity contribution < 1.29 is 12.8 Å². The molecule has 1 saturated carbocycles. The first kappa shape index (κ1) is 15.6. The lowest BCUT2D eigenvalue weighted by Crippen LogP contribution is -2.33. The monoisotopic (exact) mass is 321 g/mol. The second-order valence-corrected chi connectivity index (χ2v) is 7.26. The number of rotatable bonds is 2. The first-order valence-electron chi connectivity index (χ1n) is 6.35. The van der Waals surface area contributed by atoms with Gasteiger partial charge in [0.05, 0.1) is 6.20 Å². The lowest BCUT2D eigenvalue weighted by Gasteiger charge is -2.18. The van der Waals surface area contributed by atoms with Crippen LogP contribution in [0.3, 0.4) is 0 Å². The molecule has 2 aliphatic rings. The summed E-state index contributed by atoms with van der Waals surface area (Å²) in [6.07, 6.45) is 4.12. The van der Waals surface area contributed by atoms with Gasteiger partial charge in [-0.2, -0.15) is 4.31 Å². The molecule has 112 valence electrons. The second kappa shape index (κ2) is 5.55. The Balaban J connectivity index is 0.00000147. The Hall–Kier alpha value is -0.760. The minimum atomic E-state index is -3.65. The SMILES string of the molecule is Cl.NC1CCC2CN(S(=O)(=O)c3cncc(F)c3)CC12. The minimum absolute atomic E-state index is 0. The lowest BCUT2D eigenvalue weighted by molar-refractivity contribution is 0.426. The van der Waals surface area contributed by atoms with Crippen molar-refractivity contribution in [2.45, 2.75) is 23.8 Å². The summed E-state index contributed by atoms with van der Waals surface area (Å²) in [5.74, 6) is -0.0697. The molecule has 8 heteroatoms. The molecule has 1 aliphatic heterocycles. The van der Waals surface area contributed by atoms with E-state index in [2.05, 4.69) is 4.98 Å². The predicted octanol–water partition coefficient (Wildman–Crippen LogP) is 1.00. The molecular formula is C12H17ClFN3O2S. The summed E-state index contributed by atoms with van der Waals surface area (Å²) < 4.78 is 39.3. The van der Waals surface area contributed by atoms with E-state index in [0.717, 1.165) is 25.1 Å². The highest BCUT2D eigenvalue weighted by Crippen LogP contribution is 2.39. The smallest absolute Gasteiger partial charge is 0.244 e. The van der Waals surface area contributed by atoms with E-state index in [1.165, 1.54) is 10.5 Å². The number of halogens is 2. The molecule has 3 unspecified atom stereocenters. The number of aromatic nitrogens is 1. The third kappa shape index (κ3) is 2.55. The lowest BCUT2D eigenvalue weighted by atomic mass is 9.98. The van der Waals surface area contributed by atoms with Crippen molar-refractivity contribution in [2.75, 3.05) is 13.1 Å². The number of pyridine rings is 1. The van der Waals surface area contributed by atoms with Gasteiger partial charge in [-0.1, -0.05) is 0 Å². The van der Waals surface area contributed by atoms with Crippen LogP contribution in [-0.4, -0.2) is 36.8 Å². The van der Waals surface area contributed by atoms with Crippen molar-refractivity contribution in [3.63, 3.8) is 0 Å². The van der Waals surface area contributed by atoms with Crippen molar-refractivity contribution in [1.82, 2.24) is 9.29 Å². The second-order valence-electron chi connectivity index (χ2n) is 5.33. The van der Waals surface area contributed by atoms with Crippen molar-refractivity contribution >= 4 is 22.4 Å². The zero-order chi connectivity index (χ0) is 13.6. The van der Waals surface area contributed by atoms with Gasteiger partial charge in [0.15, 0.2) is 0 Å². The zero-order valence-corrected chi connectivity index (χ0v) is 12.4. The van der Waals surface area contributed by atoms with Crippen LogP contribution in [0.1, 0.15) is 12.8 Å². The van der Waals surface area contributed by atoms with Gasteiger partial charge in [-0.15, -0.1) is 12.4 Å². The summed E-state index contributed by atoms with van der Waals surface area (Å²) in [5.41, 5.74) is 5.99. The maximum Gasteiger partial charge on any atom is 0.244 e. The van der Waals surface area contributed by atoms with Crippen LogP contribution < -0.4 is 5.73 Å². The number of hydrogen-bond acceptors (Lipinski definition) is 4. The molecule has 0 amide bonds.